The van der Waals surface area contributed by atoms with Crippen molar-refractivity contribution in [1.29, 1.82) is 0 Å². The number of amides is 2. The number of aryl methyl sites for hydroxylation is 1. The molecule has 1 fully saturated rings. The first-order valence-electron chi connectivity index (χ1n) is 10.2. The molecule has 7 nitrogen and oxygen atoms in total. The molecular formula is C23H26N4O3. The molecule has 0 bridgehead atoms. The molecule has 2 amide bonds. The molecule has 2 aliphatic heterocycles. The molecule has 2 aliphatic rings. The first-order valence-corrected chi connectivity index (χ1v) is 10.2. The van der Waals surface area contributed by atoms with Crippen LogP contribution in [0.25, 0.3) is 5.57 Å². The summed E-state index contributed by atoms with van der Waals surface area (Å²) in [6.07, 6.45) is 1.66. The van der Waals surface area contributed by atoms with Gasteiger partial charge in [-0.25, -0.2) is 0 Å². The number of piperazine rings is 1. The number of aliphatic hydroxyl groups is 1. The van der Waals surface area contributed by atoms with Crippen molar-refractivity contribution >= 4 is 17.4 Å². The van der Waals surface area contributed by atoms with Crippen LogP contribution < -0.4 is 0 Å². The summed E-state index contributed by atoms with van der Waals surface area (Å²) in [5.41, 5.74) is 3.47. The molecule has 0 radical (unpaired) electrons. The van der Waals surface area contributed by atoms with Crippen LogP contribution >= 0.6 is 0 Å². The molecule has 2 aromatic rings. The molecule has 1 aromatic carbocycles. The van der Waals surface area contributed by atoms with Crippen LogP contribution in [-0.2, 0) is 16.1 Å². The molecule has 156 valence electrons. The van der Waals surface area contributed by atoms with Gasteiger partial charge in [0.1, 0.15) is 5.70 Å². The fourth-order valence-corrected chi connectivity index (χ4v) is 3.97. The Labute approximate surface area is 176 Å². The Balaban J connectivity index is 1.67. The van der Waals surface area contributed by atoms with Gasteiger partial charge in [-0.3, -0.25) is 24.4 Å². The van der Waals surface area contributed by atoms with Gasteiger partial charge in [-0.15, -0.1) is 0 Å². The number of aromatic nitrogens is 1. The van der Waals surface area contributed by atoms with Crippen molar-refractivity contribution in [2.75, 3.05) is 39.3 Å². The predicted octanol–water partition coefficient (Wildman–Crippen LogP) is 1.28. The number of β-amino-alcohol motifs (C(OH)–C–C–N with tert-alkyl or cyclic N) is 1. The van der Waals surface area contributed by atoms with Crippen LogP contribution in [0.1, 0.15) is 16.8 Å². The second-order valence-corrected chi connectivity index (χ2v) is 7.66. The van der Waals surface area contributed by atoms with E-state index in [1.54, 1.807) is 6.20 Å². The van der Waals surface area contributed by atoms with Crippen LogP contribution in [0.5, 0.6) is 0 Å². The van der Waals surface area contributed by atoms with E-state index >= 15 is 0 Å². The molecule has 1 N–H and O–H groups in total. The van der Waals surface area contributed by atoms with E-state index in [1.807, 2.05) is 54.3 Å². The van der Waals surface area contributed by atoms with Gasteiger partial charge in [0, 0.05) is 38.9 Å². The maximum atomic E-state index is 13.4. The highest BCUT2D eigenvalue weighted by atomic mass is 16.3. The molecule has 0 spiro atoms. The highest BCUT2D eigenvalue weighted by Gasteiger charge is 2.42. The number of hydrogen-bond donors (Lipinski definition) is 1. The number of imide groups is 1. The molecule has 0 unspecified atom stereocenters. The number of pyridine rings is 1. The highest BCUT2D eigenvalue weighted by Crippen LogP contribution is 2.33. The monoisotopic (exact) mass is 406 g/mol. The second kappa shape index (κ2) is 8.77. The molecule has 0 saturated carbocycles. The third kappa shape index (κ3) is 3.99. The van der Waals surface area contributed by atoms with Crippen molar-refractivity contribution in [3.8, 4) is 0 Å². The van der Waals surface area contributed by atoms with Gasteiger partial charge < -0.3 is 10.0 Å². The number of aliphatic hydroxyl groups excluding tert-OH is 1. The van der Waals surface area contributed by atoms with Gasteiger partial charge in [-0.05, 0) is 24.6 Å². The van der Waals surface area contributed by atoms with Gasteiger partial charge in [0.2, 0.25) is 0 Å². The number of carbonyl (C=O) groups excluding carboxylic acids is 2. The van der Waals surface area contributed by atoms with Gasteiger partial charge in [-0.2, -0.15) is 0 Å². The first-order chi connectivity index (χ1) is 14.6. The molecule has 0 atom stereocenters. The smallest absolute Gasteiger partial charge is 0.278 e. The quantitative estimate of drug-likeness (QED) is 0.729. The van der Waals surface area contributed by atoms with E-state index in [0.717, 1.165) is 24.2 Å². The third-order valence-corrected chi connectivity index (χ3v) is 5.63. The fraction of sp³-hybridized carbons (Fsp3) is 0.348. The van der Waals surface area contributed by atoms with Gasteiger partial charge >= 0.3 is 0 Å². The number of rotatable bonds is 6. The highest BCUT2D eigenvalue weighted by molar-refractivity contribution is 6.35. The number of hydrogen-bond acceptors (Lipinski definition) is 6. The minimum Gasteiger partial charge on any atom is -0.395 e. The Morgan fingerprint density at radius 2 is 1.70 bits per heavy atom. The summed E-state index contributed by atoms with van der Waals surface area (Å²) in [6, 6.07) is 13.2. The number of benzene rings is 1. The Hall–Kier alpha value is -3.03. The van der Waals surface area contributed by atoms with E-state index in [2.05, 4.69) is 9.88 Å². The van der Waals surface area contributed by atoms with E-state index in [0.29, 0.717) is 36.6 Å². The van der Waals surface area contributed by atoms with E-state index in [9.17, 15) is 14.7 Å². The molecule has 3 heterocycles. The maximum Gasteiger partial charge on any atom is 0.278 e. The summed E-state index contributed by atoms with van der Waals surface area (Å²) in [4.78, 5) is 36.5. The Morgan fingerprint density at radius 1 is 0.967 bits per heavy atom. The summed E-state index contributed by atoms with van der Waals surface area (Å²) >= 11 is 0. The van der Waals surface area contributed by atoms with Crippen LogP contribution in [0.2, 0.25) is 0 Å². The van der Waals surface area contributed by atoms with Crippen molar-refractivity contribution in [1.82, 2.24) is 19.7 Å². The maximum absolute atomic E-state index is 13.4. The topological polar surface area (TPSA) is 77.0 Å². The number of nitrogens with zero attached hydrogens (tertiary/aromatic N) is 4. The zero-order valence-electron chi connectivity index (χ0n) is 17.1. The molecule has 4 rings (SSSR count). The summed E-state index contributed by atoms with van der Waals surface area (Å²) < 4.78 is 0. The summed E-state index contributed by atoms with van der Waals surface area (Å²) in [7, 11) is 0. The normalized spacial score (nSPS) is 17.9. The lowest BCUT2D eigenvalue weighted by molar-refractivity contribution is -0.138. The lowest BCUT2D eigenvalue weighted by Gasteiger charge is -2.36. The van der Waals surface area contributed by atoms with Crippen molar-refractivity contribution in [3.63, 3.8) is 0 Å². The average Bonchev–Trinajstić information content (AvgIpc) is 3.01. The standard InChI is InChI=1S/C23H26N4O3/c1-17-5-7-18(8-6-17)20-21(26-12-10-25(11-13-26)14-15-28)23(30)27(22(20)29)16-19-4-2-3-9-24-19/h2-9,28H,10-16H2,1H3. The van der Waals surface area contributed by atoms with Gasteiger partial charge in [0.15, 0.2) is 0 Å². The van der Waals surface area contributed by atoms with E-state index < -0.39 is 0 Å². The SMILES string of the molecule is Cc1ccc(C2=C(N3CCN(CCO)CC3)C(=O)N(Cc3ccccn3)C2=O)cc1. The van der Waals surface area contributed by atoms with Gasteiger partial charge in [0.05, 0.1) is 24.4 Å². The van der Waals surface area contributed by atoms with E-state index in [4.69, 9.17) is 0 Å². The molecule has 0 aliphatic carbocycles. The Bertz CT molecular complexity index is 948. The molecule has 1 aromatic heterocycles. The van der Waals surface area contributed by atoms with Crippen molar-refractivity contribution in [3.05, 3.63) is 71.2 Å². The minimum atomic E-state index is -0.276. The lowest BCUT2D eigenvalue weighted by atomic mass is 10.0. The summed E-state index contributed by atoms with van der Waals surface area (Å²) in [5, 5.41) is 9.18. The fourth-order valence-electron chi connectivity index (χ4n) is 3.97. The number of carbonyl (C=O) groups is 2. The van der Waals surface area contributed by atoms with Crippen LogP contribution in [0.4, 0.5) is 0 Å². The van der Waals surface area contributed by atoms with Crippen LogP contribution in [-0.4, -0.2) is 75.9 Å². The zero-order valence-corrected chi connectivity index (χ0v) is 17.1. The predicted molar refractivity (Wildman–Crippen MR) is 113 cm³/mol. The molecular weight excluding hydrogens is 380 g/mol. The Kier molecular flexibility index (Phi) is 5.92. The van der Waals surface area contributed by atoms with Gasteiger partial charge in [0.25, 0.3) is 11.8 Å². The molecule has 1 saturated heterocycles. The summed E-state index contributed by atoms with van der Waals surface area (Å²) in [6.45, 7) is 5.65. The van der Waals surface area contributed by atoms with Crippen LogP contribution in [0.15, 0.2) is 54.4 Å². The minimum absolute atomic E-state index is 0.118. The average molecular weight is 406 g/mol. The molecule has 30 heavy (non-hydrogen) atoms. The van der Waals surface area contributed by atoms with E-state index in [-0.39, 0.29) is 25.0 Å². The van der Waals surface area contributed by atoms with Crippen molar-refractivity contribution in [2.45, 2.75) is 13.5 Å². The second-order valence-electron chi connectivity index (χ2n) is 7.66. The summed E-state index contributed by atoms with van der Waals surface area (Å²) in [5.74, 6) is -0.542. The zero-order chi connectivity index (χ0) is 21.1. The Morgan fingerprint density at radius 3 is 2.33 bits per heavy atom. The first kappa shape index (κ1) is 20.3. The van der Waals surface area contributed by atoms with Crippen LogP contribution in [0.3, 0.4) is 0 Å². The van der Waals surface area contributed by atoms with E-state index in [1.165, 1.54) is 4.90 Å². The molecule has 7 heteroatoms. The van der Waals surface area contributed by atoms with Crippen molar-refractivity contribution in [2.24, 2.45) is 0 Å². The lowest BCUT2D eigenvalue weighted by Crippen LogP contribution is -2.48. The third-order valence-electron chi connectivity index (χ3n) is 5.63. The van der Waals surface area contributed by atoms with Gasteiger partial charge in [-0.1, -0.05) is 35.9 Å². The largest absolute Gasteiger partial charge is 0.395 e. The van der Waals surface area contributed by atoms with Crippen molar-refractivity contribution < 1.29 is 14.7 Å². The van der Waals surface area contributed by atoms with Crippen LogP contribution in [0, 0.1) is 6.92 Å².